The van der Waals surface area contributed by atoms with Crippen molar-refractivity contribution in [3.05, 3.63) is 29.8 Å². The van der Waals surface area contributed by atoms with Gasteiger partial charge in [0, 0.05) is 24.7 Å². The van der Waals surface area contributed by atoms with E-state index in [0.29, 0.717) is 25.8 Å². The molecule has 1 fully saturated rings. The summed E-state index contributed by atoms with van der Waals surface area (Å²) in [5.74, 6) is -0.120. The molecule has 1 aromatic rings. The van der Waals surface area contributed by atoms with E-state index in [0.717, 1.165) is 17.7 Å². The molecule has 3 N–H and O–H groups in total. The first kappa shape index (κ1) is 16.5. The highest BCUT2D eigenvalue weighted by Gasteiger charge is 2.30. The third kappa shape index (κ3) is 4.31. The molecular formula is C17H25N3O2. The Hall–Kier alpha value is -1.88. The number of hydrogen-bond donors (Lipinski definition) is 2. The maximum absolute atomic E-state index is 12.6. The zero-order chi connectivity index (χ0) is 16.1. The summed E-state index contributed by atoms with van der Waals surface area (Å²) in [5, 5.41) is 2.85. The SMILES string of the molecule is Cc1ccc(N2CCCC(NC(=O)CCC(C)N)C2=O)cc1. The van der Waals surface area contributed by atoms with Gasteiger partial charge in [-0.05, 0) is 45.2 Å². The normalized spacial score (nSPS) is 19.9. The lowest BCUT2D eigenvalue weighted by atomic mass is 10.0. The number of anilines is 1. The Kier molecular flexibility index (Phi) is 5.55. The lowest BCUT2D eigenvalue weighted by Crippen LogP contribution is -2.52. The molecule has 0 bridgehead atoms. The fourth-order valence-corrected chi connectivity index (χ4v) is 2.62. The summed E-state index contributed by atoms with van der Waals surface area (Å²) in [5.41, 5.74) is 7.71. The van der Waals surface area contributed by atoms with Crippen LogP contribution >= 0.6 is 0 Å². The predicted octanol–water partition coefficient (Wildman–Crippen LogP) is 1.73. The van der Waals surface area contributed by atoms with Gasteiger partial charge < -0.3 is 16.0 Å². The molecule has 2 atom stereocenters. The number of hydrogen-bond acceptors (Lipinski definition) is 3. The second-order valence-electron chi connectivity index (χ2n) is 6.10. The van der Waals surface area contributed by atoms with Gasteiger partial charge in [-0.25, -0.2) is 0 Å². The van der Waals surface area contributed by atoms with Crippen LogP contribution in [0.1, 0.15) is 38.2 Å². The average Bonchev–Trinajstić information content (AvgIpc) is 2.48. The first-order valence-electron chi connectivity index (χ1n) is 7.90. The Bertz CT molecular complexity index is 525. The highest BCUT2D eigenvalue weighted by molar-refractivity contribution is 5.99. The number of nitrogens with zero attached hydrogens (tertiary/aromatic N) is 1. The van der Waals surface area contributed by atoms with Crippen molar-refractivity contribution in [2.45, 2.75) is 51.6 Å². The molecule has 0 aliphatic carbocycles. The minimum atomic E-state index is -0.421. The Morgan fingerprint density at radius 1 is 1.41 bits per heavy atom. The molecule has 1 saturated heterocycles. The second-order valence-corrected chi connectivity index (χ2v) is 6.10. The molecule has 1 aromatic carbocycles. The molecule has 1 aliphatic heterocycles. The van der Waals surface area contributed by atoms with Gasteiger partial charge in [-0.2, -0.15) is 0 Å². The van der Waals surface area contributed by atoms with Crippen LogP contribution in [0.4, 0.5) is 5.69 Å². The van der Waals surface area contributed by atoms with Gasteiger partial charge in [0.05, 0.1) is 0 Å². The van der Waals surface area contributed by atoms with Crippen LogP contribution in [0.15, 0.2) is 24.3 Å². The lowest BCUT2D eigenvalue weighted by Gasteiger charge is -2.32. The Balaban J connectivity index is 1.98. The van der Waals surface area contributed by atoms with Crippen LogP contribution < -0.4 is 16.0 Å². The van der Waals surface area contributed by atoms with Crippen LogP contribution in [0.2, 0.25) is 0 Å². The van der Waals surface area contributed by atoms with E-state index in [1.54, 1.807) is 4.90 Å². The summed E-state index contributed by atoms with van der Waals surface area (Å²) < 4.78 is 0. The Morgan fingerprint density at radius 3 is 2.73 bits per heavy atom. The molecule has 0 radical (unpaired) electrons. The van der Waals surface area contributed by atoms with E-state index in [4.69, 9.17) is 5.73 Å². The highest BCUT2D eigenvalue weighted by Crippen LogP contribution is 2.21. The van der Waals surface area contributed by atoms with Gasteiger partial charge in [0.2, 0.25) is 11.8 Å². The van der Waals surface area contributed by atoms with Gasteiger partial charge in [0.25, 0.3) is 0 Å². The van der Waals surface area contributed by atoms with Crippen molar-refractivity contribution in [3.8, 4) is 0 Å². The van der Waals surface area contributed by atoms with E-state index >= 15 is 0 Å². The van der Waals surface area contributed by atoms with Crippen LogP contribution in [0.25, 0.3) is 0 Å². The highest BCUT2D eigenvalue weighted by atomic mass is 16.2. The number of rotatable bonds is 5. The molecule has 0 spiro atoms. The quantitative estimate of drug-likeness (QED) is 0.870. The third-order valence-corrected chi connectivity index (χ3v) is 3.95. The average molecular weight is 303 g/mol. The van der Waals surface area contributed by atoms with Gasteiger partial charge in [-0.15, -0.1) is 0 Å². The van der Waals surface area contributed by atoms with Gasteiger partial charge in [0.15, 0.2) is 0 Å². The molecule has 5 heteroatoms. The fraction of sp³-hybridized carbons (Fsp3) is 0.529. The number of amides is 2. The van der Waals surface area contributed by atoms with Crippen LogP contribution in [0.5, 0.6) is 0 Å². The first-order chi connectivity index (χ1) is 10.5. The minimum Gasteiger partial charge on any atom is -0.344 e. The van der Waals surface area contributed by atoms with E-state index < -0.39 is 6.04 Å². The minimum absolute atomic E-state index is 0.00290. The molecule has 0 aromatic heterocycles. The molecule has 2 amide bonds. The second kappa shape index (κ2) is 7.40. The van der Waals surface area contributed by atoms with E-state index in [9.17, 15) is 9.59 Å². The van der Waals surface area contributed by atoms with Crippen molar-refractivity contribution in [3.63, 3.8) is 0 Å². The summed E-state index contributed by atoms with van der Waals surface area (Å²) in [4.78, 5) is 26.2. The van der Waals surface area contributed by atoms with Crippen LogP contribution in [-0.4, -0.2) is 30.4 Å². The van der Waals surface area contributed by atoms with E-state index in [-0.39, 0.29) is 17.9 Å². The summed E-state index contributed by atoms with van der Waals surface area (Å²) in [6.07, 6.45) is 2.59. The number of benzene rings is 1. The van der Waals surface area contributed by atoms with Crippen molar-refractivity contribution in [2.24, 2.45) is 5.73 Å². The number of piperidine rings is 1. The predicted molar refractivity (Wildman–Crippen MR) is 87.6 cm³/mol. The smallest absolute Gasteiger partial charge is 0.249 e. The van der Waals surface area contributed by atoms with Gasteiger partial charge in [-0.3, -0.25) is 9.59 Å². The summed E-state index contributed by atoms with van der Waals surface area (Å²) in [6.45, 7) is 4.59. The van der Waals surface area contributed by atoms with Gasteiger partial charge in [-0.1, -0.05) is 17.7 Å². The summed E-state index contributed by atoms with van der Waals surface area (Å²) >= 11 is 0. The summed E-state index contributed by atoms with van der Waals surface area (Å²) in [7, 11) is 0. The third-order valence-electron chi connectivity index (χ3n) is 3.95. The van der Waals surface area contributed by atoms with Crippen molar-refractivity contribution in [1.82, 2.24) is 5.32 Å². The first-order valence-corrected chi connectivity index (χ1v) is 7.90. The number of nitrogens with one attached hydrogen (secondary N) is 1. The van der Waals surface area contributed by atoms with Gasteiger partial charge in [0.1, 0.15) is 6.04 Å². The molecule has 0 saturated carbocycles. The molecule has 2 rings (SSSR count). The van der Waals surface area contributed by atoms with Crippen LogP contribution in [0, 0.1) is 6.92 Å². The Labute approximate surface area is 131 Å². The van der Waals surface area contributed by atoms with Crippen molar-refractivity contribution >= 4 is 17.5 Å². The summed E-state index contributed by atoms with van der Waals surface area (Å²) in [6, 6.07) is 7.47. The lowest BCUT2D eigenvalue weighted by molar-refractivity contribution is -0.128. The maximum Gasteiger partial charge on any atom is 0.249 e. The van der Waals surface area contributed by atoms with Crippen molar-refractivity contribution in [1.29, 1.82) is 0 Å². The topological polar surface area (TPSA) is 75.4 Å². The number of aryl methyl sites for hydroxylation is 1. The van der Waals surface area contributed by atoms with Gasteiger partial charge >= 0.3 is 0 Å². The van der Waals surface area contributed by atoms with E-state index in [1.807, 2.05) is 38.1 Å². The molecule has 5 nitrogen and oxygen atoms in total. The van der Waals surface area contributed by atoms with Crippen LogP contribution in [0.3, 0.4) is 0 Å². The zero-order valence-electron chi connectivity index (χ0n) is 13.3. The van der Waals surface area contributed by atoms with Crippen LogP contribution in [-0.2, 0) is 9.59 Å². The number of carbonyl (C=O) groups is 2. The van der Waals surface area contributed by atoms with Crippen molar-refractivity contribution in [2.75, 3.05) is 11.4 Å². The number of nitrogens with two attached hydrogens (primary N) is 1. The largest absolute Gasteiger partial charge is 0.344 e. The maximum atomic E-state index is 12.6. The van der Waals surface area contributed by atoms with E-state index in [1.165, 1.54) is 0 Å². The molecule has 22 heavy (non-hydrogen) atoms. The zero-order valence-corrected chi connectivity index (χ0v) is 13.3. The fourth-order valence-electron chi connectivity index (χ4n) is 2.62. The Morgan fingerprint density at radius 2 is 2.09 bits per heavy atom. The molecule has 120 valence electrons. The standard InChI is InChI=1S/C17H25N3O2/c1-12-5-8-14(9-6-12)20-11-3-4-15(17(20)22)19-16(21)10-7-13(2)18/h5-6,8-9,13,15H,3-4,7,10-11,18H2,1-2H3,(H,19,21). The molecular weight excluding hydrogens is 278 g/mol. The van der Waals surface area contributed by atoms with E-state index in [2.05, 4.69) is 5.32 Å². The number of carbonyl (C=O) groups excluding carboxylic acids is 2. The molecule has 1 heterocycles. The monoisotopic (exact) mass is 303 g/mol. The molecule has 2 unspecified atom stereocenters. The van der Waals surface area contributed by atoms with Crippen molar-refractivity contribution < 1.29 is 9.59 Å². The molecule has 1 aliphatic rings.